The van der Waals surface area contributed by atoms with Crippen molar-refractivity contribution >= 4 is 0 Å². The van der Waals surface area contributed by atoms with E-state index in [2.05, 4.69) is 6.08 Å². The summed E-state index contributed by atoms with van der Waals surface area (Å²) in [6, 6.07) is 0. The molecule has 9 heavy (non-hydrogen) atoms. The average molecular weight is 126 g/mol. The lowest BCUT2D eigenvalue weighted by Gasteiger charge is -2.07. The molecule has 0 radical (unpaired) electrons. The highest BCUT2D eigenvalue weighted by atomic mass is 16.3. The van der Waals surface area contributed by atoms with E-state index in [0.29, 0.717) is 0 Å². The molecule has 0 unspecified atom stereocenters. The molecular formula is C8H14O. The van der Waals surface area contributed by atoms with Crippen LogP contribution in [-0.4, -0.2) is 11.2 Å². The molecule has 0 amide bonds. The molecule has 0 heterocycles. The Labute approximate surface area is 56.4 Å². The van der Waals surface area contributed by atoms with Crippen molar-refractivity contribution in [3.63, 3.8) is 0 Å². The van der Waals surface area contributed by atoms with Crippen molar-refractivity contribution in [2.45, 2.75) is 38.2 Å². The normalized spacial score (nSPS) is 29.2. The van der Waals surface area contributed by atoms with Crippen LogP contribution in [0.2, 0.25) is 0 Å². The molecule has 1 heteroatoms. The van der Waals surface area contributed by atoms with E-state index in [1.54, 1.807) is 0 Å². The summed E-state index contributed by atoms with van der Waals surface area (Å²) in [5.74, 6) is 0. The summed E-state index contributed by atoms with van der Waals surface area (Å²) in [5.41, 5.74) is 0. The van der Waals surface area contributed by atoms with Gasteiger partial charge in [-0.1, -0.05) is 25.0 Å². The largest absolute Gasteiger partial charge is 0.389 e. The first kappa shape index (κ1) is 6.81. The predicted octanol–water partition coefficient (Wildman–Crippen LogP) is 1.87. The van der Waals surface area contributed by atoms with E-state index in [4.69, 9.17) is 5.11 Å². The molecule has 0 aromatic carbocycles. The molecule has 1 N–H and O–H groups in total. The summed E-state index contributed by atoms with van der Waals surface area (Å²) in [5, 5.41) is 9.13. The van der Waals surface area contributed by atoms with Crippen LogP contribution < -0.4 is 0 Å². The van der Waals surface area contributed by atoms with E-state index in [1.807, 2.05) is 6.08 Å². The van der Waals surface area contributed by atoms with Gasteiger partial charge in [0.2, 0.25) is 0 Å². The highest BCUT2D eigenvalue weighted by molar-refractivity contribution is 4.89. The average Bonchev–Trinajstić information content (AvgIpc) is 1.79. The van der Waals surface area contributed by atoms with Gasteiger partial charge in [0.15, 0.2) is 0 Å². The molecule has 0 saturated carbocycles. The minimum absolute atomic E-state index is 0.162. The van der Waals surface area contributed by atoms with Crippen molar-refractivity contribution in [3.8, 4) is 0 Å². The van der Waals surface area contributed by atoms with Crippen LogP contribution >= 0.6 is 0 Å². The van der Waals surface area contributed by atoms with Crippen molar-refractivity contribution in [1.82, 2.24) is 0 Å². The SMILES string of the molecule is O[C@H]1C=CCCCCC1. The van der Waals surface area contributed by atoms with Crippen LogP contribution in [0.15, 0.2) is 12.2 Å². The molecule has 0 aromatic heterocycles. The molecule has 0 bridgehead atoms. The quantitative estimate of drug-likeness (QED) is 0.491. The van der Waals surface area contributed by atoms with Crippen LogP contribution in [0.1, 0.15) is 32.1 Å². The second kappa shape index (κ2) is 3.67. The number of aliphatic hydroxyl groups is 1. The van der Waals surface area contributed by atoms with Crippen molar-refractivity contribution in [2.24, 2.45) is 0 Å². The first-order valence-electron chi connectivity index (χ1n) is 3.74. The third kappa shape index (κ3) is 2.66. The monoisotopic (exact) mass is 126 g/mol. The van der Waals surface area contributed by atoms with Gasteiger partial charge in [-0.15, -0.1) is 0 Å². The standard InChI is InChI=1S/C8H14O/c9-8-6-4-2-1-3-5-7-8/h4,6,8-9H,1-3,5,7H2/t8-/m0/s1. The minimum atomic E-state index is -0.162. The zero-order valence-corrected chi connectivity index (χ0v) is 5.71. The van der Waals surface area contributed by atoms with Crippen LogP contribution in [0.3, 0.4) is 0 Å². The fourth-order valence-electron chi connectivity index (χ4n) is 1.14. The second-order valence-corrected chi connectivity index (χ2v) is 2.63. The van der Waals surface area contributed by atoms with Crippen LogP contribution in [0.5, 0.6) is 0 Å². The summed E-state index contributed by atoms with van der Waals surface area (Å²) < 4.78 is 0. The molecular weight excluding hydrogens is 112 g/mol. The van der Waals surface area contributed by atoms with Gasteiger partial charge in [-0.25, -0.2) is 0 Å². The maximum absolute atomic E-state index is 9.13. The van der Waals surface area contributed by atoms with Crippen molar-refractivity contribution in [1.29, 1.82) is 0 Å². The Kier molecular flexibility index (Phi) is 2.78. The summed E-state index contributed by atoms with van der Waals surface area (Å²) in [7, 11) is 0. The molecule has 0 spiro atoms. The summed E-state index contributed by atoms with van der Waals surface area (Å²) in [6.45, 7) is 0. The zero-order chi connectivity index (χ0) is 6.53. The van der Waals surface area contributed by atoms with E-state index in [9.17, 15) is 0 Å². The van der Waals surface area contributed by atoms with Gasteiger partial charge in [-0.05, 0) is 19.3 Å². The van der Waals surface area contributed by atoms with Crippen molar-refractivity contribution < 1.29 is 5.11 Å². The number of rotatable bonds is 0. The first-order chi connectivity index (χ1) is 4.39. The maximum atomic E-state index is 9.13. The Morgan fingerprint density at radius 2 is 2.11 bits per heavy atom. The summed E-state index contributed by atoms with van der Waals surface area (Å²) >= 11 is 0. The van der Waals surface area contributed by atoms with E-state index in [1.165, 1.54) is 19.3 Å². The minimum Gasteiger partial charge on any atom is -0.389 e. The molecule has 0 aliphatic heterocycles. The van der Waals surface area contributed by atoms with Crippen LogP contribution in [0, 0.1) is 0 Å². The molecule has 0 saturated heterocycles. The van der Waals surface area contributed by atoms with Gasteiger partial charge in [-0.2, -0.15) is 0 Å². The zero-order valence-electron chi connectivity index (χ0n) is 5.71. The fourth-order valence-corrected chi connectivity index (χ4v) is 1.14. The number of hydrogen-bond donors (Lipinski definition) is 1. The molecule has 1 nitrogen and oxygen atoms in total. The lowest BCUT2D eigenvalue weighted by Crippen LogP contribution is -2.02. The Balaban J connectivity index is 2.30. The van der Waals surface area contributed by atoms with Gasteiger partial charge in [0.05, 0.1) is 6.10 Å². The predicted molar refractivity (Wildman–Crippen MR) is 38.2 cm³/mol. The Hall–Kier alpha value is -0.300. The Morgan fingerprint density at radius 3 is 3.00 bits per heavy atom. The smallest absolute Gasteiger partial charge is 0.0720 e. The first-order valence-corrected chi connectivity index (χ1v) is 3.74. The van der Waals surface area contributed by atoms with E-state index >= 15 is 0 Å². The molecule has 1 aliphatic carbocycles. The highest BCUT2D eigenvalue weighted by Gasteiger charge is 2.00. The number of aliphatic hydroxyl groups excluding tert-OH is 1. The topological polar surface area (TPSA) is 20.2 Å². The fraction of sp³-hybridized carbons (Fsp3) is 0.750. The third-order valence-electron chi connectivity index (χ3n) is 1.73. The summed E-state index contributed by atoms with van der Waals surface area (Å²) in [6.07, 6.45) is 9.71. The number of allylic oxidation sites excluding steroid dienone is 1. The molecule has 1 atom stereocenters. The van der Waals surface area contributed by atoms with Crippen molar-refractivity contribution in [3.05, 3.63) is 12.2 Å². The van der Waals surface area contributed by atoms with Crippen LogP contribution in [-0.2, 0) is 0 Å². The number of hydrogen-bond acceptors (Lipinski definition) is 1. The lowest BCUT2D eigenvalue weighted by atomic mass is 10.0. The lowest BCUT2D eigenvalue weighted by molar-refractivity contribution is 0.206. The highest BCUT2D eigenvalue weighted by Crippen LogP contribution is 2.10. The second-order valence-electron chi connectivity index (χ2n) is 2.63. The third-order valence-corrected chi connectivity index (χ3v) is 1.73. The summed E-state index contributed by atoms with van der Waals surface area (Å²) in [4.78, 5) is 0. The van der Waals surface area contributed by atoms with Gasteiger partial charge in [0.25, 0.3) is 0 Å². The van der Waals surface area contributed by atoms with Crippen molar-refractivity contribution in [2.75, 3.05) is 0 Å². The Morgan fingerprint density at radius 1 is 1.22 bits per heavy atom. The van der Waals surface area contributed by atoms with Crippen LogP contribution in [0.25, 0.3) is 0 Å². The van der Waals surface area contributed by atoms with Gasteiger partial charge in [-0.3, -0.25) is 0 Å². The van der Waals surface area contributed by atoms with Gasteiger partial charge in [0, 0.05) is 0 Å². The molecule has 1 rings (SSSR count). The van der Waals surface area contributed by atoms with Gasteiger partial charge < -0.3 is 5.11 Å². The van der Waals surface area contributed by atoms with E-state index in [-0.39, 0.29) is 6.10 Å². The molecule has 52 valence electrons. The van der Waals surface area contributed by atoms with Gasteiger partial charge >= 0.3 is 0 Å². The molecule has 0 aromatic rings. The maximum Gasteiger partial charge on any atom is 0.0720 e. The van der Waals surface area contributed by atoms with E-state index < -0.39 is 0 Å². The van der Waals surface area contributed by atoms with E-state index in [0.717, 1.165) is 12.8 Å². The van der Waals surface area contributed by atoms with Gasteiger partial charge in [0.1, 0.15) is 0 Å². The Bertz CT molecular complexity index is 96.7. The molecule has 1 aliphatic rings. The molecule has 0 fully saturated rings. The van der Waals surface area contributed by atoms with Crippen LogP contribution in [0.4, 0.5) is 0 Å².